The Morgan fingerprint density at radius 3 is 1.81 bits per heavy atom. The number of aromatic nitrogens is 2. The smallest absolute Gasteiger partial charge is 0.213 e. The first-order valence-corrected chi connectivity index (χ1v) is 11.8. The van der Waals surface area contributed by atoms with Gasteiger partial charge in [0.2, 0.25) is 5.88 Å². The Labute approximate surface area is 192 Å². The lowest BCUT2D eigenvalue weighted by molar-refractivity contribution is -0.0673. The van der Waals surface area contributed by atoms with Gasteiger partial charge in [0.1, 0.15) is 0 Å². The van der Waals surface area contributed by atoms with E-state index in [0.717, 1.165) is 11.4 Å². The quantitative estimate of drug-likeness (QED) is 0.504. The Bertz CT molecular complexity index is 920. The summed E-state index contributed by atoms with van der Waals surface area (Å²) in [6.07, 6.45) is -1.68. The Morgan fingerprint density at radius 2 is 1.41 bits per heavy atom. The van der Waals surface area contributed by atoms with Crippen molar-refractivity contribution in [2.75, 3.05) is 5.32 Å². The summed E-state index contributed by atoms with van der Waals surface area (Å²) >= 11 is 0. The van der Waals surface area contributed by atoms with Gasteiger partial charge in [-0.3, -0.25) is 0 Å². The topological polar surface area (TPSA) is 90.5 Å². The van der Waals surface area contributed by atoms with Crippen LogP contribution in [-0.2, 0) is 5.54 Å². The molecule has 2 aromatic rings. The van der Waals surface area contributed by atoms with Crippen molar-refractivity contribution in [3.63, 3.8) is 0 Å². The number of aromatic hydroxyl groups is 1. The Morgan fingerprint density at radius 1 is 0.906 bits per heavy atom. The van der Waals surface area contributed by atoms with Gasteiger partial charge < -0.3 is 20.6 Å². The number of hydrogen-bond donors (Lipinski definition) is 4. The van der Waals surface area contributed by atoms with Crippen molar-refractivity contribution in [3.05, 3.63) is 40.6 Å². The molecule has 1 heterocycles. The van der Waals surface area contributed by atoms with Crippen LogP contribution in [-0.4, -0.2) is 43.3 Å². The predicted octanol–water partition coefficient (Wildman–Crippen LogP) is 5.01. The molecule has 6 nitrogen and oxygen atoms in total. The second-order valence-electron chi connectivity index (χ2n) is 11.2. The van der Waals surface area contributed by atoms with Crippen LogP contribution in [0, 0.1) is 0 Å². The molecule has 1 aliphatic carbocycles. The number of aliphatic hydroxyl groups is 2. The van der Waals surface area contributed by atoms with Gasteiger partial charge in [-0.1, -0.05) is 59.7 Å². The third-order valence-corrected chi connectivity index (χ3v) is 6.60. The summed E-state index contributed by atoms with van der Waals surface area (Å²) in [4.78, 5) is 0. The normalized spacial score (nSPS) is 23.8. The van der Waals surface area contributed by atoms with E-state index in [9.17, 15) is 15.3 Å². The second kappa shape index (κ2) is 8.71. The molecule has 6 heteroatoms. The molecule has 3 rings (SSSR count). The average Bonchev–Trinajstić information content (AvgIpc) is 3.03. The number of nitrogens with zero attached hydrogens (tertiary/aromatic N) is 2. The maximum absolute atomic E-state index is 11.2. The maximum atomic E-state index is 11.2. The van der Waals surface area contributed by atoms with Crippen LogP contribution in [0.25, 0.3) is 0 Å². The van der Waals surface area contributed by atoms with Crippen molar-refractivity contribution in [1.82, 2.24) is 9.78 Å². The Hall–Kier alpha value is -2.05. The number of benzene rings is 1. The van der Waals surface area contributed by atoms with Gasteiger partial charge in [0.25, 0.3) is 0 Å². The van der Waals surface area contributed by atoms with Crippen molar-refractivity contribution in [1.29, 1.82) is 0 Å². The molecule has 2 atom stereocenters. The summed E-state index contributed by atoms with van der Waals surface area (Å²) in [5.41, 5.74) is 4.22. The van der Waals surface area contributed by atoms with E-state index in [4.69, 9.17) is 0 Å². The van der Waals surface area contributed by atoms with Crippen LogP contribution in [0.2, 0.25) is 0 Å². The summed E-state index contributed by atoms with van der Waals surface area (Å²) in [6.45, 7) is 18.5. The Kier molecular flexibility index (Phi) is 6.69. The van der Waals surface area contributed by atoms with Gasteiger partial charge in [-0.25, -0.2) is 4.68 Å². The summed E-state index contributed by atoms with van der Waals surface area (Å²) in [6, 6.07) is 5.75. The van der Waals surface area contributed by atoms with Gasteiger partial charge in [-0.2, -0.15) is 5.10 Å². The third kappa shape index (κ3) is 4.15. The molecule has 0 saturated heterocycles. The number of nitrogens with one attached hydrogen (secondary N) is 1. The molecule has 0 bridgehead atoms. The molecule has 0 spiro atoms. The van der Waals surface area contributed by atoms with Crippen molar-refractivity contribution < 1.29 is 15.3 Å². The Balaban J connectivity index is 1.98. The van der Waals surface area contributed by atoms with E-state index in [1.807, 2.05) is 34.6 Å². The first-order valence-electron chi connectivity index (χ1n) is 11.8. The standard InChI is InChI=1S/C26H41N3O3/c1-13(2)16-11-10-12-17(14(3)4)21(16)27-22-23(30)19(24(22)31)18-20(15(5)6)28-29(25(18)32)26(7,8)9/h10-15,19,22-24,27,30-32H,1-9H3. The molecule has 32 heavy (non-hydrogen) atoms. The highest BCUT2D eigenvalue weighted by atomic mass is 16.3. The molecule has 1 fully saturated rings. The molecule has 0 amide bonds. The van der Waals surface area contributed by atoms with Crippen molar-refractivity contribution >= 4 is 5.69 Å². The molecule has 1 aromatic heterocycles. The lowest BCUT2D eigenvalue weighted by atomic mass is 9.69. The van der Waals surface area contributed by atoms with E-state index >= 15 is 0 Å². The van der Waals surface area contributed by atoms with E-state index < -0.39 is 29.7 Å². The van der Waals surface area contributed by atoms with Gasteiger partial charge in [0.05, 0.1) is 29.5 Å². The number of anilines is 1. The lowest BCUT2D eigenvalue weighted by Gasteiger charge is -2.47. The first kappa shape index (κ1) is 24.6. The van der Waals surface area contributed by atoms with Gasteiger partial charge in [0, 0.05) is 17.2 Å². The van der Waals surface area contributed by atoms with Crippen LogP contribution in [0.15, 0.2) is 18.2 Å². The molecule has 4 N–H and O–H groups in total. The number of para-hydroxylation sites is 1. The summed E-state index contributed by atoms with van der Waals surface area (Å²) in [7, 11) is 0. The van der Waals surface area contributed by atoms with E-state index in [1.165, 1.54) is 11.1 Å². The number of aliphatic hydroxyl groups excluding tert-OH is 2. The minimum absolute atomic E-state index is 0.0354. The average molecular weight is 444 g/mol. The van der Waals surface area contributed by atoms with E-state index in [0.29, 0.717) is 17.4 Å². The lowest BCUT2D eigenvalue weighted by Crippen LogP contribution is -2.61. The zero-order chi connectivity index (χ0) is 24.1. The number of hydrogen-bond acceptors (Lipinski definition) is 5. The van der Waals surface area contributed by atoms with E-state index in [-0.39, 0.29) is 11.8 Å². The maximum Gasteiger partial charge on any atom is 0.213 e. The molecule has 0 radical (unpaired) electrons. The minimum atomic E-state index is -0.841. The SMILES string of the molecule is CC(C)c1cccc(C(C)C)c1NC1C(O)C(c2c(C(C)C)nn(C(C)(C)C)c2O)C1O. The second-order valence-corrected chi connectivity index (χ2v) is 11.2. The van der Waals surface area contributed by atoms with Crippen LogP contribution in [0.3, 0.4) is 0 Å². The third-order valence-electron chi connectivity index (χ3n) is 6.60. The van der Waals surface area contributed by atoms with Crippen LogP contribution in [0.4, 0.5) is 5.69 Å². The van der Waals surface area contributed by atoms with E-state index in [1.54, 1.807) is 4.68 Å². The van der Waals surface area contributed by atoms with E-state index in [2.05, 4.69) is 56.3 Å². The monoisotopic (exact) mass is 443 g/mol. The van der Waals surface area contributed by atoms with Crippen molar-refractivity contribution in [2.24, 2.45) is 0 Å². The molecule has 178 valence electrons. The van der Waals surface area contributed by atoms with Crippen molar-refractivity contribution in [2.45, 2.75) is 110 Å². The zero-order valence-electron chi connectivity index (χ0n) is 21.0. The fraction of sp³-hybridized carbons (Fsp3) is 0.654. The van der Waals surface area contributed by atoms with Crippen LogP contribution in [0.5, 0.6) is 5.88 Å². The number of rotatable bonds is 6. The van der Waals surface area contributed by atoms with Crippen molar-refractivity contribution in [3.8, 4) is 5.88 Å². The fourth-order valence-electron chi connectivity index (χ4n) is 4.75. The first-order chi connectivity index (χ1) is 14.8. The highest BCUT2D eigenvalue weighted by molar-refractivity contribution is 5.62. The summed E-state index contributed by atoms with van der Waals surface area (Å²) in [5.74, 6) is 0.119. The molecule has 1 aliphatic rings. The van der Waals surface area contributed by atoms with Gasteiger partial charge >= 0.3 is 0 Å². The van der Waals surface area contributed by atoms with Crippen LogP contribution < -0.4 is 5.32 Å². The molecule has 0 aliphatic heterocycles. The molecular weight excluding hydrogens is 402 g/mol. The minimum Gasteiger partial charge on any atom is -0.493 e. The highest BCUT2D eigenvalue weighted by Gasteiger charge is 2.53. The molecule has 2 unspecified atom stereocenters. The van der Waals surface area contributed by atoms with Gasteiger partial charge in [0.15, 0.2) is 0 Å². The van der Waals surface area contributed by atoms with Crippen LogP contribution in [0.1, 0.15) is 108 Å². The molecular formula is C26H41N3O3. The molecule has 1 aromatic carbocycles. The van der Waals surface area contributed by atoms with Gasteiger partial charge in [-0.05, 0) is 49.7 Å². The van der Waals surface area contributed by atoms with Gasteiger partial charge in [-0.15, -0.1) is 0 Å². The van der Waals surface area contributed by atoms with Crippen LogP contribution >= 0.6 is 0 Å². The summed E-state index contributed by atoms with van der Waals surface area (Å²) in [5, 5.41) is 41.5. The fourth-order valence-corrected chi connectivity index (χ4v) is 4.75. The zero-order valence-corrected chi connectivity index (χ0v) is 21.0. The summed E-state index contributed by atoms with van der Waals surface area (Å²) < 4.78 is 1.60. The molecule has 1 saturated carbocycles. The predicted molar refractivity (Wildman–Crippen MR) is 130 cm³/mol. The highest BCUT2D eigenvalue weighted by Crippen LogP contribution is 2.47. The largest absolute Gasteiger partial charge is 0.493 e.